The summed E-state index contributed by atoms with van der Waals surface area (Å²) in [5, 5.41) is 8.74. The maximum Gasteiger partial charge on any atom is 0.335 e. The van der Waals surface area contributed by atoms with Crippen LogP contribution in [0.5, 0.6) is 11.5 Å². The Kier molecular flexibility index (Phi) is 8.35. The Balaban J connectivity index is 1.09. The zero-order chi connectivity index (χ0) is 27.0. The van der Waals surface area contributed by atoms with Crippen LogP contribution in [0.25, 0.3) is 21.5 Å². The molecule has 0 aromatic heterocycles. The van der Waals surface area contributed by atoms with Gasteiger partial charge in [-0.15, -0.1) is 0 Å². The molecule has 0 atom stereocenters. The highest BCUT2D eigenvalue weighted by Crippen LogP contribution is 2.28. The lowest BCUT2D eigenvalue weighted by molar-refractivity contribution is -0.129. The molecule has 4 nitrogen and oxygen atoms in total. The molecule has 4 heteroatoms. The molecule has 0 spiro atoms. The monoisotopic (exact) mass is 515 g/mol. The number of ether oxygens (including phenoxy) is 2. The fraction of sp³-hybridized carbons (Fsp3) is 0.171. The predicted octanol–water partition coefficient (Wildman–Crippen LogP) is 7.83. The van der Waals surface area contributed by atoms with Gasteiger partial charge in [-0.1, -0.05) is 72.8 Å². The Hall–Kier alpha value is -4.41. The molecule has 0 saturated heterocycles. The fourth-order valence-electron chi connectivity index (χ4n) is 4.90. The van der Waals surface area contributed by atoms with Crippen LogP contribution < -0.4 is 14.8 Å². The van der Waals surface area contributed by atoms with Crippen LogP contribution in [0.4, 0.5) is 0 Å². The van der Waals surface area contributed by atoms with Gasteiger partial charge in [0.1, 0.15) is 11.5 Å². The molecule has 0 heterocycles. The van der Waals surface area contributed by atoms with Crippen molar-refractivity contribution in [1.29, 1.82) is 0 Å². The smallest absolute Gasteiger partial charge is 0.335 e. The Bertz CT molecular complexity index is 1550. The minimum atomic E-state index is -0.381. The third-order valence-corrected chi connectivity index (χ3v) is 6.66. The van der Waals surface area contributed by atoms with E-state index in [4.69, 9.17) is 9.47 Å². The molecule has 1 N–H and O–H groups in total. The number of nitrogens with one attached hydrogen (secondary N) is 1. The van der Waals surface area contributed by atoms with Crippen molar-refractivity contribution in [3.05, 3.63) is 131 Å². The molecule has 5 rings (SSSR count). The molecule has 0 amide bonds. The Labute approximate surface area is 229 Å². The Morgan fingerprint density at radius 3 is 2.05 bits per heavy atom. The number of carbonyl (C=O) groups excluding carboxylic acids is 1. The van der Waals surface area contributed by atoms with Crippen molar-refractivity contribution in [3.8, 4) is 11.5 Å². The van der Waals surface area contributed by atoms with Crippen LogP contribution >= 0.6 is 0 Å². The van der Waals surface area contributed by atoms with Gasteiger partial charge in [0.25, 0.3) is 0 Å². The summed E-state index contributed by atoms with van der Waals surface area (Å²) in [5.41, 5.74) is 4.65. The summed E-state index contributed by atoms with van der Waals surface area (Å²) in [6.45, 7) is 6.00. The summed E-state index contributed by atoms with van der Waals surface area (Å²) in [4.78, 5) is 12.1. The molecule has 5 aromatic rings. The molecule has 5 aromatic carbocycles. The van der Waals surface area contributed by atoms with E-state index in [1.807, 2.05) is 44.2 Å². The number of esters is 1. The van der Waals surface area contributed by atoms with Gasteiger partial charge in [-0.2, -0.15) is 0 Å². The average molecular weight is 516 g/mol. The quantitative estimate of drug-likeness (QED) is 0.0677. The van der Waals surface area contributed by atoms with Crippen LogP contribution in [-0.4, -0.2) is 12.6 Å². The first-order chi connectivity index (χ1) is 19.0. The molecule has 0 aliphatic heterocycles. The predicted molar refractivity (Wildman–Crippen MR) is 159 cm³/mol. The van der Waals surface area contributed by atoms with Gasteiger partial charge >= 0.3 is 5.97 Å². The summed E-state index contributed by atoms with van der Waals surface area (Å²) >= 11 is 0. The first kappa shape index (κ1) is 26.2. The highest BCUT2D eigenvalue weighted by molar-refractivity contribution is 6.02. The van der Waals surface area contributed by atoms with Gasteiger partial charge in [0.2, 0.25) is 0 Å². The van der Waals surface area contributed by atoms with Gasteiger partial charge in [0.05, 0.1) is 6.61 Å². The highest BCUT2D eigenvalue weighted by atomic mass is 16.5. The Morgan fingerprint density at radius 2 is 1.38 bits per heavy atom. The second-order valence-corrected chi connectivity index (χ2v) is 9.83. The van der Waals surface area contributed by atoms with Crippen molar-refractivity contribution in [1.82, 2.24) is 5.32 Å². The molecule has 0 aliphatic rings. The van der Waals surface area contributed by atoms with E-state index < -0.39 is 0 Å². The molecule has 0 unspecified atom stereocenters. The van der Waals surface area contributed by atoms with Crippen molar-refractivity contribution < 1.29 is 14.3 Å². The van der Waals surface area contributed by atoms with E-state index in [1.165, 1.54) is 38.7 Å². The normalized spacial score (nSPS) is 11.3. The van der Waals surface area contributed by atoms with Gasteiger partial charge in [0.15, 0.2) is 0 Å². The molecule has 0 aliphatic carbocycles. The SMILES string of the molecule is Cc1cc(C)cc(OC(=O)/C=C/CCOc2ccc(CNCc3c4ccccc4cc4ccccc34)cc2)c1. The number of hydrogen-bond donors (Lipinski definition) is 1. The zero-order valence-corrected chi connectivity index (χ0v) is 22.4. The van der Waals surface area contributed by atoms with Crippen molar-refractivity contribution in [3.63, 3.8) is 0 Å². The summed E-state index contributed by atoms with van der Waals surface area (Å²) in [7, 11) is 0. The minimum absolute atomic E-state index is 0.381. The number of hydrogen-bond acceptors (Lipinski definition) is 4. The second kappa shape index (κ2) is 12.4. The van der Waals surface area contributed by atoms with E-state index in [9.17, 15) is 4.79 Å². The molecule has 39 heavy (non-hydrogen) atoms. The first-order valence-corrected chi connectivity index (χ1v) is 13.3. The second-order valence-electron chi connectivity index (χ2n) is 9.83. The molecule has 196 valence electrons. The topological polar surface area (TPSA) is 47.6 Å². The molecule has 0 fully saturated rings. The number of benzene rings is 5. The van der Waals surface area contributed by atoms with Crippen LogP contribution in [0, 0.1) is 13.8 Å². The van der Waals surface area contributed by atoms with E-state index in [0.717, 1.165) is 30.0 Å². The lowest BCUT2D eigenvalue weighted by Crippen LogP contribution is -2.13. The van der Waals surface area contributed by atoms with Gasteiger partial charge in [0, 0.05) is 19.2 Å². The van der Waals surface area contributed by atoms with Crippen LogP contribution in [0.3, 0.4) is 0 Å². The van der Waals surface area contributed by atoms with E-state index >= 15 is 0 Å². The van der Waals surface area contributed by atoms with Crippen molar-refractivity contribution >= 4 is 27.5 Å². The van der Waals surface area contributed by atoms with Crippen LogP contribution in [-0.2, 0) is 17.9 Å². The number of fused-ring (bicyclic) bond motifs is 2. The van der Waals surface area contributed by atoms with E-state index in [1.54, 1.807) is 6.08 Å². The zero-order valence-electron chi connectivity index (χ0n) is 22.4. The van der Waals surface area contributed by atoms with Gasteiger partial charge in [-0.25, -0.2) is 4.79 Å². The summed E-state index contributed by atoms with van der Waals surface area (Å²) in [5.74, 6) is 0.997. The Morgan fingerprint density at radius 1 is 0.744 bits per heavy atom. The molecular formula is C35H33NO3. The highest BCUT2D eigenvalue weighted by Gasteiger charge is 2.07. The maximum absolute atomic E-state index is 12.1. The van der Waals surface area contributed by atoms with E-state index in [-0.39, 0.29) is 5.97 Å². The molecule has 0 saturated carbocycles. The van der Waals surface area contributed by atoms with Crippen molar-refractivity contribution in [2.45, 2.75) is 33.4 Å². The third-order valence-electron chi connectivity index (χ3n) is 6.66. The summed E-state index contributed by atoms with van der Waals surface area (Å²) in [6.07, 6.45) is 3.85. The average Bonchev–Trinajstić information content (AvgIpc) is 2.92. The first-order valence-electron chi connectivity index (χ1n) is 13.3. The molecule has 0 radical (unpaired) electrons. The van der Waals surface area contributed by atoms with Crippen LogP contribution in [0.1, 0.15) is 28.7 Å². The molecule has 0 bridgehead atoms. The minimum Gasteiger partial charge on any atom is -0.493 e. The number of rotatable bonds is 10. The van der Waals surface area contributed by atoms with E-state index in [2.05, 4.69) is 72.0 Å². The standard InChI is InChI=1S/C35H33NO3/c1-25-19-26(2)21-31(20-25)39-35(37)13-7-8-18-38-30-16-14-27(15-17-30)23-36-24-34-32-11-5-3-9-28(32)22-29-10-4-6-12-33(29)34/h3-7,9-17,19-22,36H,8,18,23-24H2,1-2H3/b13-7+. The maximum atomic E-state index is 12.1. The van der Waals surface area contributed by atoms with Crippen LogP contribution in [0.2, 0.25) is 0 Å². The van der Waals surface area contributed by atoms with Gasteiger partial charge in [-0.3, -0.25) is 0 Å². The fourth-order valence-corrected chi connectivity index (χ4v) is 4.90. The summed E-state index contributed by atoms with van der Waals surface area (Å²) in [6, 6.07) is 33.3. The molecular weight excluding hydrogens is 482 g/mol. The van der Waals surface area contributed by atoms with Gasteiger partial charge < -0.3 is 14.8 Å². The lowest BCUT2D eigenvalue weighted by Gasteiger charge is -2.13. The van der Waals surface area contributed by atoms with Gasteiger partial charge in [-0.05, 0) is 94.4 Å². The van der Waals surface area contributed by atoms with Crippen LogP contribution in [0.15, 0.2) is 109 Å². The van der Waals surface area contributed by atoms with Crippen molar-refractivity contribution in [2.24, 2.45) is 0 Å². The van der Waals surface area contributed by atoms with E-state index in [0.29, 0.717) is 18.8 Å². The number of carbonyl (C=O) groups is 1. The lowest BCUT2D eigenvalue weighted by atomic mass is 9.97. The summed E-state index contributed by atoms with van der Waals surface area (Å²) < 4.78 is 11.2. The van der Waals surface area contributed by atoms with Crippen molar-refractivity contribution in [2.75, 3.05) is 6.61 Å². The largest absolute Gasteiger partial charge is 0.493 e. The number of aryl methyl sites for hydroxylation is 2. The third kappa shape index (κ3) is 6.92.